The van der Waals surface area contributed by atoms with Gasteiger partial charge in [0.2, 0.25) is 5.75 Å². The Morgan fingerprint density at radius 1 is 1.21 bits per heavy atom. The number of nitro groups is 1. The zero-order chi connectivity index (χ0) is 20.4. The van der Waals surface area contributed by atoms with Crippen molar-refractivity contribution in [2.75, 3.05) is 19.1 Å². The number of nitrogens with zero attached hydrogens (tertiary/aromatic N) is 2. The molecule has 0 atom stereocenters. The summed E-state index contributed by atoms with van der Waals surface area (Å²) in [5.41, 5.74) is 3.61. The predicted octanol–water partition coefficient (Wildman–Crippen LogP) is 5.15. The van der Waals surface area contributed by atoms with Crippen LogP contribution in [-0.2, 0) is 0 Å². The van der Waals surface area contributed by atoms with Crippen LogP contribution in [0.15, 0.2) is 41.5 Å². The van der Waals surface area contributed by atoms with Crippen LogP contribution in [0.2, 0.25) is 0 Å². The molecule has 0 radical (unpaired) electrons. The highest BCUT2D eigenvalue weighted by atomic mass is 19.1. The summed E-state index contributed by atoms with van der Waals surface area (Å²) < 4.78 is 23.8. The number of halogens is 1. The van der Waals surface area contributed by atoms with E-state index in [1.807, 2.05) is 0 Å². The molecule has 0 aliphatic carbocycles. The highest BCUT2D eigenvalue weighted by Crippen LogP contribution is 2.38. The average Bonchev–Trinajstić information content (AvgIpc) is 2.69. The molecule has 28 heavy (non-hydrogen) atoms. The number of nitro benzene ring substituents is 1. The summed E-state index contributed by atoms with van der Waals surface area (Å²) in [5, 5.41) is 15.5. The van der Waals surface area contributed by atoms with Crippen LogP contribution in [0.4, 0.5) is 15.8 Å². The SMILES string of the molecule is CCCCCCOc1c(OC)cc(/C=N/Nc2ccc(F)cc2)cc1[N+](=O)[O-]. The number of ether oxygens (including phenoxy) is 2. The van der Waals surface area contributed by atoms with Crippen LogP contribution in [0.1, 0.15) is 38.2 Å². The van der Waals surface area contributed by atoms with E-state index in [4.69, 9.17) is 9.47 Å². The molecule has 0 saturated carbocycles. The number of benzene rings is 2. The molecule has 0 spiro atoms. The number of rotatable bonds is 11. The van der Waals surface area contributed by atoms with E-state index in [-0.39, 0.29) is 23.0 Å². The number of anilines is 1. The fraction of sp³-hybridized carbons (Fsp3) is 0.350. The first-order valence-electron chi connectivity index (χ1n) is 9.09. The van der Waals surface area contributed by atoms with Crippen molar-refractivity contribution in [1.82, 2.24) is 0 Å². The van der Waals surface area contributed by atoms with Crippen LogP contribution < -0.4 is 14.9 Å². The quantitative estimate of drug-likeness (QED) is 0.249. The number of nitrogens with one attached hydrogen (secondary N) is 1. The van der Waals surface area contributed by atoms with Gasteiger partial charge in [0.1, 0.15) is 5.82 Å². The van der Waals surface area contributed by atoms with Crippen LogP contribution in [0.5, 0.6) is 11.5 Å². The second-order valence-electron chi connectivity index (χ2n) is 6.11. The van der Waals surface area contributed by atoms with Crippen LogP contribution in [-0.4, -0.2) is 24.9 Å². The first-order valence-corrected chi connectivity index (χ1v) is 9.09. The molecule has 0 heterocycles. The zero-order valence-corrected chi connectivity index (χ0v) is 16.0. The Hall–Kier alpha value is -3.16. The summed E-state index contributed by atoms with van der Waals surface area (Å²) >= 11 is 0. The van der Waals surface area contributed by atoms with E-state index in [0.29, 0.717) is 17.9 Å². The third-order valence-electron chi connectivity index (χ3n) is 3.97. The summed E-state index contributed by atoms with van der Waals surface area (Å²) in [6.45, 7) is 2.50. The van der Waals surface area contributed by atoms with E-state index in [2.05, 4.69) is 17.5 Å². The monoisotopic (exact) mass is 389 g/mol. The Labute approximate surface area is 163 Å². The van der Waals surface area contributed by atoms with Gasteiger partial charge in [0.25, 0.3) is 0 Å². The van der Waals surface area contributed by atoms with Crippen LogP contribution in [0, 0.1) is 15.9 Å². The van der Waals surface area contributed by atoms with Gasteiger partial charge in [-0.25, -0.2) is 4.39 Å². The Morgan fingerprint density at radius 2 is 1.96 bits per heavy atom. The van der Waals surface area contributed by atoms with Gasteiger partial charge in [0, 0.05) is 11.6 Å². The van der Waals surface area contributed by atoms with E-state index in [9.17, 15) is 14.5 Å². The summed E-state index contributed by atoms with van der Waals surface area (Å²) in [7, 11) is 1.43. The third kappa shape index (κ3) is 6.22. The van der Waals surface area contributed by atoms with Gasteiger partial charge >= 0.3 is 5.69 Å². The van der Waals surface area contributed by atoms with E-state index in [0.717, 1.165) is 25.7 Å². The molecule has 150 valence electrons. The maximum absolute atomic E-state index is 12.9. The lowest BCUT2D eigenvalue weighted by Gasteiger charge is -2.12. The van der Waals surface area contributed by atoms with Gasteiger partial charge in [-0.15, -0.1) is 0 Å². The molecule has 8 heteroatoms. The van der Waals surface area contributed by atoms with Gasteiger partial charge in [-0.2, -0.15) is 5.10 Å². The van der Waals surface area contributed by atoms with Crippen molar-refractivity contribution in [3.8, 4) is 11.5 Å². The maximum Gasteiger partial charge on any atom is 0.315 e. The molecule has 0 aliphatic heterocycles. The number of methoxy groups -OCH3 is 1. The minimum absolute atomic E-state index is 0.118. The molecule has 0 unspecified atom stereocenters. The van der Waals surface area contributed by atoms with Gasteiger partial charge in [-0.3, -0.25) is 15.5 Å². The van der Waals surface area contributed by atoms with Crippen molar-refractivity contribution in [2.45, 2.75) is 32.6 Å². The van der Waals surface area contributed by atoms with Crippen molar-refractivity contribution in [3.63, 3.8) is 0 Å². The molecule has 0 saturated heterocycles. The second kappa shape index (κ2) is 10.9. The van der Waals surface area contributed by atoms with Crippen molar-refractivity contribution < 1.29 is 18.8 Å². The Bertz CT molecular complexity index is 810. The summed E-state index contributed by atoms with van der Waals surface area (Å²) in [4.78, 5) is 11.0. The van der Waals surface area contributed by atoms with Crippen molar-refractivity contribution in [2.24, 2.45) is 5.10 Å². The Kier molecular flexibility index (Phi) is 8.20. The van der Waals surface area contributed by atoms with Gasteiger partial charge in [-0.05, 0) is 36.8 Å². The molecule has 0 aromatic heterocycles. The third-order valence-corrected chi connectivity index (χ3v) is 3.97. The first-order chi connectivity index (χ1) is 13.5. The van der Waals surface area contributed by atoms with Crippen LogP contribution in [0.25, 0.3) is 0 Å². The Balaban J connectivity index is 2.14. The molecule has 0 fully saturated rings. The van der Waals surface area contributed by atoms with Crippen molar-refractivity contribution in [1.29, 1.82) is 0 Å². The smallest absolute Gasteiger partial charge is 0.315 e. The molecule has 2 aromatic carbocycles. The fourth-order valence-electron chi connectivity index (χ4n) is 2.52. The molecular formula is C20H24FN3O4. The van der Waals surface area contributed by atoms with Gasteiger partial charge < -0.3 is 9.47 Å². The molecule has 2 aromatic rings. The topological polar surface area (TPSA) is 86.0 Å². The first kappa shape index (κ1) is 21.1. The van der Waals surface area contributed by atoms with E-state index in [1.54, 1.807) is 6.07 Å². The maximum atomic E-state index is 12.9. The fourth-order valence-corrected chi connectivity index (χ4v) is 2.52. The lowest BCUT2D eigenvalue weighted by molar-refractivity contribution is -0.386. The lowest BCUT2D eigenvalue weighted by atomic mass is 10.1. The minimum atomic E-state index is -0.505. The largest absolute Gasteiger partial charge is 0.493 e. The molecule has 2 rings (SSSR count). The number of unbranched alkanes of at least 4 members (excludes halogenated alkanes) is 3. The van der Waals surface area contributed by atoms with Crippen LogP contribution >= 0.6 is 0 Å². The number of hydrogen-bond acceptors (Lipinski definition) is 6. The number of hydrogen-bond donors (Lipinski definition) is 1. The van der Waals surface area contributed by atoms with Crippen molar-refractivity contribution >= 4 is 17.6 Å². The van der Waals surface area contributed by atoms with Crippen LogP contribution in [0.3, 0.4) is 0 Å². The average molecular weight is 389 g/mol. The minimum Gasteiger partial charge on any atom is -0.493 e. The summed E-state index contributed by atoms with van der Waals surface area (Å²) in [6, 6.07) is 8.66. The van der Waals surface area contributed by atoms with Crippen molar-refractivity contribution in [3.05, 3.63) is 57.9 Å². The van der Waals surface area contributed by atoms with Gasteiger partial charge in [0.05, 0.1) is 30.5 Å². The summed E-state index contributed by atoms with van der Waals surface area (Å²) in [5.74, 6) is 0.0424. The zero-order valence-electron chi connectivity index (χ0n) is 16.0. The molecular weight excluding hydrogens is 365 g/mol. The lowest BCUT2D eigenvalue weighted by Crippen LogP contribution is -2.04. The molecule has 0 amide bonds. The second-order valence-corrected chi connectivity index (χ2v) is 6.11. The molecule has 1 N–H and O–H groups in total. The highest BCUT2D eigenvalue weighted by Gasteiger charge is 2.22. The highest BCUT2D eigenvalue weighted by molar-refractivity contribution is 5.83. The van der Waals surface area contributed by atoms with Gasteiger partial charge in [0.15, 0.2) is 5.75 Å². The van der Waals surface area contributed by atoms with Gasteiger partial charge in [-0.1, -0.05) is 26.2 Å². The van der Waals surface area contributed by atoms with E-state index >= 15 is 0 Å². The van der Waals surface area contributed by atoms with E-state index in [1.165, 1.54) is 43.7 Å². The number of hydrazone groups is 1. The predicted molar refractivity (Wildman–Crippen MR) is 107 cm³/mol. The Morgan fingerprint density at radius 3 is 2.61 bits per heavy atom. The normalized spacial score (nSPS) is 10.8. The standard InChI is InChI=1S/C20H24FN3O4/c1-3-4-5-6-11-28-20-18(24(25)26)12-15(13-19(20)27-2)14-22-23-17-9-7-16(21)8-10-17/h7-10,12-14,23H,3-6,11H2,1-2H3/b22-14+. The molecule has 0 bridgehead atoms. The van der Waals surface area contributed by atoms with E-state index < -0.39 is 4.92 Å². The molecule has 7 nitrogen and oxygen atoms in total. The molecule has 0 aliphatic rings. The summed E-state index contributed by atoms with van der Waals surface area (Å²) in [6.07, 6.45) is 5.44.